The number of carbonyl (C=O) groups excluding carboxylic acids is 1. The maximum Gasteiger partial charge on any atom is 0.233 e. The minimum Gasteiger partial charge on any atom is -0.351 e. The number of hydrogen-bond acceptors (Lipinski definition) is 2. The van der Waals surface area contributed by atoms with Gasteiger partial charge in [-0.3, -0.25) is 4.79 Å². The number of amides is 1. The Morgan fingerprint density at radius 3 is 1.74 bits per heavy atom. The molecule has 2 rings (SSSR count). The van der Waals surface area contributed by atoms with E-state index in [0.717, 1.165) is 0 Å². The maximum atomic E-state index is 12.4. The summed E-state index contributed by atoms with van der Waals surface area (Å²) in [6.07, 6.45) is 0. The number of carbonyl (C=O) groups is 1. The number of nitrogens with one attached hydrogen (secondary N) is 1. The van der Waals surface area contributed by atoms with Crippen LogP contribution in [-0.4, -0.2) is 16.7 Å². The average molecular weight is 327 g/mol. The van der Waals surface area contributed by atoms with Gasteiger partial charge in [0, 0.05) is 5.54 Å². The molecule has 1 atom stereocenters. The lowest BCUT2D eigenvalue weighted by Crippen LogP contribution is -2.44. The van der Waals surface area contributed by atoms with Gasteiger partial charge in [0.15, 0.2) is 0 Å². The SMILES string of the molecule is CC(SC(c1ccccc1)c1ccccc1)C(=O)NC(C)(C)C. The van der Waals surface area contributed by atoms with Gasteiger partial charge < -0.3 is 5.32 Å². The standard InChI is InChI=1S/C20H25NOS/c1-15(19(22)21-20(2,3)4)23-18(16-11-7-5-8-12-16)17-13-9-6-10-14-17/h5-15,18H,1-4H3,(H,21,22). The quantitative estimate of drug-likeness (QED) is 0.853. The third-order valence-electron chi connectivity index (χ3n) is 3.41. The van der Waals surface area contributed by atoms with Crippen LogP contribution in [0.15, 0.2) is 60.7 Å². The Morgan fingerprint density at radius 1 is 0.913 bits per heavy atom. The first kappa shape index (κ1) is 17.6. The summed E-state index contributed by atoms with van der Waals surface area (Å²) < 4.78 is 0. The Labute approximate surface area is 143 Å². The predicted molar refractivity (Wildman–Crippen MR) is 99.7 cm³/mol. The minimum absolute atomic E-state index is 0.0827. The van der Waals surface area contributed by atoms with Crippen molar-refractivity contribution in [2.45, 2.75) is 43.7 Å². The number of benzene rings is 2. The van der Waals surface area contributed by atoms with Crippen molar-refractivity contribution in [2.24, 2.45) is 0 Å². The van der Waals surface area contributed by atoms with E-state index < -0.39 is 0 Å². The van der Waals surface area contributed by atoms with Gasteiger partial charge in [-0.2, -0.15) is 0 Å². The lowest BCUT2D eigenvalue weighted by molar-refractivity contribution is -0.121. The molecule has 0 fully saturated rings. The van der Waals surface area contributed by atoms with E-state index in [-0.39, 0.29) is 21.9 Å². The Kier molecular flexibility index (Phi) is 5.89. The van der Waals surface area contributed by atoms with Crippen LogP contribution < -0.4 is 5.32 Å². The van der Waals surface area contributed by atoms with Crippen molar-refractivity contribution in [3.8, 4) is 0 Å². The van der Waals surface area contributed by atoms with Crippen LogP contribution >= 0.6 is 11.8 Å². The van der Waals surface area contributed by atoms with E-state index >= 15 is 0 Å². The van der Waals surface area contributed by atoms with Gasteiger partial charge in [0.1, 0.15) is 0 Å². The molecule has 0 aliphatic rings. The molecule has 1 N–H and O–H groups in total. The predicted octanol–water partition coefficient (Wildman–Crippen LogP) is 4.81. The van der Waals surface area contributed by atoms with Gasteiger partial charge in [-0.25, -0.2) is 0 Å². The van der Waals surface area contributed by atoms with Gasteiger partial charge in [0.2, 0.25) is 5.91 Å². The minimum atomic E-state index is -0.207. The molecule has 2 aromatic carbocycles. The van der Waals surface area contributed by atoms with Crippen LogP contribution in [0.4, 0.5) is 0 Å². The normalized spacial score (nSPS) is 12.9. The van der Waals surface area contributed by atoms with Gasteiger partial charge in [-0.1, -0.05) is 60.7 Å². The molecular weight excluding hydrogens is 302 g/mol. The van der Waals surface area contributed by atoms with Crippen LogP contribution in [0.5, 0.6) is 0 Å². The Hall–Kier alpha value is -1.74. The monoisotopic (exact) mass is 327 g/mol. The smallest absolute Gasteiger partial charge is 0.233 e. The van der Waals surface area contributed by atoms with Crippen molar-refractivity contribution in [3.63, 3.8) is 0 Å². The summed E-state index contributed by atoms with van der Waals surface area (Å²) in [4.78, 5) is 12.4. The van der Waals surface area contributed by atoms with E-state index in [1.165, 1.54) is 11.1 Å². The van der Waals surface area contributed by atoms with E-state index in [1.54, 1.807) is 11.8 Å². The lowest BCUT2D eigenvalue weighted by atomic mass is 10.0. The molecule has 3 heteroatoms. The third-order valence-corrected chi connectivity index (χ3v) is 4.85. The summed E-state index contributed by atoms with van der Waals surface area (Å²) in [6.45, 7) is 8.00. The zero-order valence-electron chi connectivity index (χ0n) is 14.2. The first-order chi connectivity index (χ1) is 10.9. The fourth-order valence-corrected chi connectivity index (χ4v) is 3.56. The van der Waals surface area contributed by atoms with Crippen molar-refractivity contribution >= 4 is 17.7 Å². The lowest BCUT2D eigenvalue weighted by Gasteiger charge is -2.26. The molecule has 0 aliphatic carbocycles. The van der Waals surface area contributed by atoms with Gasteiger partial charge in [0.25, 0.3) is 0 Å². The van der Waals surface area contributed by atoms with Crippen molar-refractivity contribution in [1.29, 1.82) is 0 Å². The van der Waals surface area contributed by atoms with E-state index in [2.05, 4.69) is 29.6 Å². The van der Waals surface area contributed by atoms with Gasteiger partial charge in [-0.05, 0) is 38.8 Å². The second-order valence-corrected chi connectivity index (χ2v) is 8.17. The summed E-state index contributed by atoms with van der Waals surface area (Å²) in [6, 6.07) is 20.7. The van der Waals surface area contributed by atoms with Crippen molar-refractivity contribution in [2.75, 3.05) is 0 Å². The molecule has 1 unspecified atom stereocenters. The molecular formula is C20H25NOS. The summed E-state index contributed by atoms with van der Waals surface area (Å²) in [7, 11) is 0. The zero-order valence-corrected chi connectivity index (χ0v) is 15.1. The highest BCUT2D eigenvalue weighted by molar-refractivity contribution is 8.01. The molecule has 2 aromatic rings. The van der Waals surface area contributed by atoms with Crippen LogP contribution in [0.1, 0.15) is 44.1 Å². The number of hydrogen-bond donors (Lipinski definition) is 1. The fraction of sp³-hybridized carbons (Fsp3) is 0.350. The molecule has 23 heavy (non-hydrogen) atoms. The Balaban J connectivity index is 2.21. The largest absolute Gasteiger partial charge is 0.351 e. The molecule has 0 heterocycles. The fourth-order valence-electron chi connectivity index (χ4n) is 2.34. The zero-order chi connectivity index (χ0) is 16.9. The van der Waals surface area contributed by atoms with E-state index in [9.17, 15) is 4.79 Å². The molecule has 122 valence electrons. The molecule has 2 nitrogen and oxygen atoms in total. The first-order valence-electron chi connectivity index (χ1n) is 7.94. The van der Waals surface area contributed by atoms with E-state index in [0.29, 0.717) is 0 Å². The van der Waals surface area contributed by atoms with E-state index in [4.69, 9.17) is 0 Å². The molecule has 0 radical (unpaired) electrons. The molecule has 0 aromatic heterocycles. The van der Waals surface area contributed by atoms with Gasteiger partial charge in [-0.15, -0.1) is 11.8 Å². The van der Waals surface area contributed by atoms with Crippen molar-refractivity contribution in [3.05, 3.63) is 71.8 Å². The molecule has 1 amide bonds. The molecule has 0 bridgehead atoms. The highest BCUT2D eigenvalue weighted by atomic mass is 32.2. The Bertz CT molecular complexity index is 580. The second-order valence-electron chi connectivity index (χ2n) is 6.72. The highest BCUT2D eigenvalue weighted by Gasteiger charge is 2.24. The van der Waals surface area contributed by atoms with Crippen LogP contribution in [0.25, 0.3) is 0 Å². The summed E-state index contributed by atoms with van der Waals surface area (Å²) in [5, 5.41) is 3.09. The summed E-state index contributed by atoms with van der Waals surface area (Å²) in [5.74, 6) is 0.0827. The number of rotatable bonds is 5. The average Bonchev–Trinajstić information content (AvgIpc) is 2.52. The Morgan fingerprint density at radius 2 is 1.35 bits per heavy atom. The summed E-state index contributed by atoms with van der Waals surface area (Å²) >= 11 is 1.69. The molecule has 0 saturated carbocycles. The molecule has 0 aliphatic heterocycles. The van der Waals surface area contributed by atoms with Crippen LogP contribution in [0, 0.1) is 0 Å². The highest BCUT2D eigenvalue weighted by Crippen LogP contribution is 2.38. The van der Waals surface area contributed by atoms with Crippen LogP contribution in [0.3, 0.4) is 0 Å². The van der Waals surface area contributed by atoms with Crippen molar-refractivity contribution < 1.29 is 4.79 Å². The first-order valence-corrected chi connectivity index (χ1v) is 8.88. The summed E-state index contributed by atoms with van der Waals surface area (Å²) in [5.41, 5.74) is 2.24. The maximum absolute atomic E-state index is 12.4. The molecule has 0 saturated heterocycles. The topological polar surface area (TPSA) is 29.1 Å². The van der Waals surface area contributed by atoms with Crippen molar-refractivity contribution in [1.82, 2.24) is 5.32 Å². The van der Waals surface area contributed by atoms with Gasteiger partial charge >= 0.3 is 0 Å². The second kappa shape index (κ2) is 7.69. The van der Waals surface area contributed by atoms with Crippen LogP contribution in [0.2, 0.25) is 0 Å². The van der Waals surface area contributed by atoms with Gasteiger partial charge in [0.05, 0.1) is 10.5 Å². The van der Waals surface area contributed by atoms with E-state index in [1.807, 2.05) is 64.1 Å². The third kappa shape index (κ3) is 5.43. The number of thioether (sulfide) groups is 1. The van der Waals surface area contributed by atoms with Crippen LogP contribution in [-0.2, 0) is 4.79 Å². The molecule has 0 spiro atoms.